The average Bonchev–Trinajstić information content (AvgIpc) is 1.99. The van der Waals surface area contributed by atoms with Gasteiger partial charge in [-0.1, -0.05) is 0 Å². The number of hydrogen-bond acceptors (Lipinski definition) is 2. The van der Waals surface area contributed by atoms with Crippen molar-refractivity contribution >= 4 is 12.6 Å². The Labute approximate surface area is 81.1 Å². The van der Waals surface area contributed by atoms with Gasteiger partial charge in [-0.2, -0.15) is 13.2 Å². The zero-order valence-electron chi connectivity index (χ0n) is 7.02. The van der Waals surface area contributed by atoms with Crippen LogP contribution in [0, 0.1) is 11.6 Å². The highest BCUT2D eigenvalue weighted by Gasteiger charge is 2.38. The standard InChI is InChI=1S/C7H4BF5O2/c9-4-1-3(8(14)15)2-5(10)6(4)7(11,12)13/h1-2,14-15H. The zero-order chi connectivity index (χ0) is 11.8. The van der Waals surface area contributed by atoms with Gasteiger partial charge in [0.2, 0.25) is 0 Å². The van der Waals surface area contributed by atoms with Gasteiger partial charge >= 0.3 is 13.3 Å². The minimum absolute atomic E-state index is 0.219. The van der Waals surface area contributed by atoms with Crippen LogP contribution >= 0.6 is 0 Å². The predicted octanol–water partition coefficient (Wildman–Crippen LogP) is 0.663. The average molecular weight is 226 g/mol. The quantitative estimate of drug-likeness (QED) is 0.545. The van der Waals surface area contributed by atoms with Gasteiger partial charge in [0.25, 0.3) is 0 Å². The van der Waals surface area contributed by atoms with Crippen LogP contribution in [-0.4, -0.2) is 17.2 Å². The molecule has 2 nitrogen and oxygen atoms in total. The Bertz CT molecular complexity index is 353. The molecule has 0 bridgehead atoms. The third kappa shape index (κ3) is 2.45. The van der Waals surface area contributed by atoms with Crippen molar-refractivity contribution in [2.45, 2.75) is 6.18 Å². The Balaban J connectivity index is 3.34. The van der Waals surface area contributed by atoms with Crippen molar-refractivity contribution in [3.05, 3.63) is 29.3 Å². The van der Waals surface area contributed by atoms with Crippen LogP contribution in [-0.2, 0) is 6.18 Å². The Hall–Kier alpha value is -1.15. The van der Waals surface area contributed by atoms with E-state index in [1.807, 2.05) is 0 Å². The Kier molecular flexibility index (Phi) is 3.01. The molecule has 0 spiro atoms. The molecule has 82 valence electrons. The van der Waals surface area contributed by atoms with E-state index in [4.69, 9.17) is 10.0 Å². The normalized spacial score (nSPS) is 11.7. The molecule has 0 fully saturated rings. The fourth-order valence-corrected chi connectivity index (χ4v) is 1.01. The fraction of sp³-hybridized carbons (Fsp3) is 0.143. The summed E-state index contributed by atoms with van der Waals surface area (Å²) in [7, 11) is -2.23. The van der Waals surface area contributed by atoms with Crippen molar-refractivity contribution < 1.29 is 32.0 Å². The number of hydrogen-bond donors (Lipinski definition) is 2. The summed E-state index contributed by atoms with van der Waals surface area (Å²) in [6.07, 6.45) is -5.16. The largest absolute Gasteiger partial charge is 0.488 e. The summed E-state index contributed by atoms with van der Waals surface area (Å²) < 4.78 is 61.7. The van der Waals surface area contributed by atoms with Gasteiger partial charge in [0.05, 0.1) is 0 Å². The minimum atomic E-state index is -5.16. The topological polar surface area (TPSA) is 40.5 Å². The van der Waals surface area contributed by atoms with Crippen LogP contribution in [0.4, 0.5) is 22.0 Å². The molecule has 0 unspecified atom stereocenters. The van der Waals surface area contributed by atoms with Crippen LogP contribution in [0.25, 0.3) is 0 Å². The van der Waals surface area contributed by atoms with Crippen molar-refractivity contribution in [1.82, 2.24) is 0 Å². The van der Waals surface area contributed by atoms with E-state index in [2.05, 4.69) is 0 Å². The third-order valence-corrected chi connectivity index (χ3v) is 1.65. The summed E-state index contributed by atoms with van der Waals surface area (Å²) in [5.41, 5.74) is -2.73. The second-order valence-electron chi connectivity index (χ2n) is 2.73. The molecule has 0 heterocycles. The molecule has 0 aromatic heterocycles. The first-order valence-electron chi connectivity index (χ1n) is 3.65. The van der Waals surface area contributed by atoms with Crippen LogP contribution in [0.3, 0.4) is 0 Å². The van der Waals surface area contributed by atoms with Crippen molar-refractivity contribution in [2.24, 2.45) is 0 Å². The number of alkyl halides is 3. The first-order valence-corrected chi connectivity index (χ1v) is 3.65. The molecule has 0 aliphatic carbocycles. The highest BCUT2D eigenvalue weighted by molar-refractivity contribution is 6.58. The van der Waals surface area contributed by atoms with Gasteiger partial charge < -0.3 is 10.0 Å². The molecule has 0 saturated carbocycles. The fourth-order valence-electron chi connectivity index (χ4n) is 1.01. The lowest BCUT2D eigenvalue weighted by Crippen LogP contribution is -2.31. The Morgan fingerprint density at radius 2 is 1.40 bits per heavy atom. The van der Waals surface area contributed by atoms with E-state index >= 15 is 0 Å². The molecule has 0 amide bonds. The minimum Gasteiger partial charge on any atom is -0.423 e. The summed E-state index contributed by atoms with van der Waals surface area (Å²) in [5, 5.41) is 17.0. The number of benzene rings is 1. The summed E-state index contributed by atoms with van der Waals surface area (Å²) in [5.74, 6) is -3.77. The van der Waals surface area contributed by atoms with Crippen molar-refractivity contribution in [3.8, 4) is 0 Å². The monoisotopic (exact) mass is 226 g/mol. The summed E-state index contributed by atoms with van der Waals surface area (Å²) in [6, 6.07) is 0.438. The molecule has 2 N–H and O–H groups in total. The molecule has 0 aliphatic rings. The molecule has 8 heteroatoms. The zero-order valence-corrected chi connectivity index (χ0v) is 7.02. The predicted molar refractivity (Wildman–Crippen MR) is 41.2 cm³/mol. The van der Waals surface area contributed by atoms with Crippen LogP contribution in [0.15, 0.2) is 12.1 Å². The van der Waals surface area contributed by atoms with Crippen LogP contribution < -0.4 is 5.46 Å². The lowest BCUT2D eigenvalue weighted by Gasteiger charge is -2.10. The van der Waals surface area contributed by atoms with E-state index in [1.54, 1.807) is 0 Å². The lowest BCUT2D eigenvalue weighted by molar-refractivity contribution is -0.142. The van der Waals surface area contributed by atoms with Gasteiger partial charge in [-0.05, 0) is 17.6 Å². The van der Waals surface area contributed by atoms with Crippen LogP contribution in [0.5, 0.6) is 0 Å². The summed E-state index contributed by atoms with van der Waals surface area (Å²) >= 11 is 0. The summed E-state index contributed by atoms with van der Waals surface area (Å²) in [6.45, 7) is 0. The molecule has 0 radical (unpaired) electrons. The maximum absolute atomic E-state index is 12.8. The lowest BCUT2D eigenvalue weighted by atomic mass is 9.80. The molecule has 0 aliphatic heterocycles. The second-order valence-corrected chi connectivity index (χ2v) is 2.73. The van der Waals surface area contributed by atoms with Gasteiger partial charge in [0, 0.05) is 0 Å². The smallest absolute Gasteiger partial charge is 0.423 e. The number of halogens is 5. The first-order chi connectivity index (χ1) is 6.73. The molecule has 0 saturated heterocycles. The molecular weight excluding hydrogens is 222 g/mol. The van der Waals surface area contributed by atoms with E-state index in [1.165, 1.54) is 0 Å². The van der Waals surface area contributed by atoms with Crippen molar-refractivity contribution in [1.29, 1.82) is 0 Å². The van der Waals surface area contributed by atoms with Crippen LogP contribution in [0.1, 0.15) is 5.56 Å². The SMILES string of the molecule is OB(O)c1cc(F)c(C(F)(F)F)c(F)c1. The maximum atomic E-state index is 12.8. The molecular formula is C7H4BF5O2. The Morgan fingerprint density at radius 1 is 1.00 bits per heavy atom. The highest BCUT2D eigenvalue weighted by atomic mass is 19.4. The van der Waals surface area contributed by atoms with E-state index in [-0.39, 0.29) is 12.1 Å². The van der Waals surface area contributed by atoms with Crippen molar-refractivity contribution in [2.75, 3.05) is 0 Å². The van der Waals surface area contributed by atoms with Gasteiger partial charge in [-0.25, -0.2) is 8.78 Å². The van der Waals surface area contributed by atoms with Crippen LogP contribution in [0.2, 0.25) is 0 Å². The van der Waals surface area contributed by atoms with E-state index < -0.39 is 36.0 Å². The molecule has 1 rings (SSSR count). The second kappa shape index (κ2) is 3.78. The van der Waals surface area contributed by atoms with Crippen molar-refractivity contribution in [3.63, 3.8) is 0 Å². The molecule has 15 heavy (non-hydrogen) atoms. The van der Waals surface area contributed by atoms with Gasteiger partial charge in [0.1, 0.15) is 17.2 Å². The number of rotatable bonds is 1. The van der Waals surface area contributed by atoms with Gasteiger partial charge in [-0.3, -0.25) is 0 Å². The molecule has 0 atom stereocenters. The maximum Gasteiger partial charge on any atom is 0.488 e. The van der Waals surface area contributed by atoms with Gasteiger partial charge in [0.15, 0.2) is 0 Å². The van der Waals surface area contributed by atoms with E-state index in [0.29, 0.717) is 0 Å². The van der Waals surface area contributed by atoms with Gasteiger partial charge in [-0.15, -0.1) is 0 Å². The highest BCUT2D eigenvalue weighted by Crippen LogP contribution is 2.32. The van der Waals surface area contributed by atoms with E-state index in [9.17, 15) is 22.0 Å². The summed E-state index contributed by atoms with van der Waals surface area (Å²) in [4.78, 5) is 0. The Morgan fingerprint density at radius 3 is 1.67 bits per heavy atom. The molecule has 1 aromatic rings. The first kappa shape index (κ1) is 11.9. The third-order valence-electron chi connectivity index (χ3n) is 1.65. The molecule has 1 aromatic carbocycles. The van der Waals surface area contributed by atoms with E-state index in [0.717, 1.165) is 0 Å².